The van der Waals surface area contributed by atoms with E-state index in [0.29, 0.717) is 12.4 Å². The standard InChI is InChI=1S/C24H27N3O3/c1-3-29-23(28)17-30-20-10-8-18(9-11-20)22-16-19-6-4-5-7-21(19)24(25-22)27-14-12-26(2)13-15-27/h4-11,16H,3,12-15,17H2,1-2H3. The summed E-state index contributed by atoms with van der Waals surface area (Å²) < 4.78 is 10.4. The Morgan fingerprint density at radius 1 is 1.03 bits per heavy atom. The fourth-order valence-corrected chi connectivity index (χ4v) is 3.65. The largest absolute Gasteiger partial charge is 0.482 e. The van der Waals surface area contributed by atoms with E-state index < -0.39 is 0 Å². The van der Waals surface area contributed by atoms with Gasteiger partial charge in [0.15, 0.2) is 6.61 Å². The summed E-state index contributed by atoms with van der Waals surface area (Å²) in [5.41, 5.74) is 1.94. The third kappa shape index (κ3) is 4.54. The second-order valence-corrected chi connectivity index (χ2v) is 7.46. The van der Waals surface area contributed by atoms with Crippen molar-refractivity contribution < 1.29 is 14.3 Å². The van der Waals surface area contributed by atoms with Crippen molar-refractivity contribution in [3.8, 4) is 17.0 Å². The van der Waals surface area contributed by atoms with Crippen molar-refractivity contribution in [1.82, 2.24) is 9.88 Å². The molecule has 1 aliphatic rings. The van der Waals surface area contributed by atoms with Gasteiger partial charge in [0.1, 0.15) is 11.6 Å². The molecule has 0 radical (unpaired) electrons. The van der Waals surface area contributed by atoms with Gasteiger partial charge in [0.25, 0.3) is 0 Å². The fourth-order valence-electron chi connectivity index (χ4n) is 3.65. The molecule has 0 unspecified atom stereocenters. The first-order chi connectivity index (χ1) is 14.6. The van der Waals surface area contributed by atoms with Crippen LogP contribution in [-0.4, -0.2) is 62.3 Å². The summed E-state index contributed by atoms with van der Waals surface area (Å²) in [5, 5.41) is 2.36. The first kappa shape index (κ1) is 20.2. The lowest BCUT2D eigenvalue weighted by atomic mass is 10.1. The van der Waals surface area contributed by atoms with E-state index in [0.717, 1.165) is 43.3 Å². The van der Waals surface area contributed by atoms with Crippen LogP contribution in [0.4, 0.5) is 5.82 Å². The number of esters is 1. The number of pyridine rings is 1. The van der Waals surface area contributed by atoms with Crippen LogP contribution < -0.4 is 9.64 Å². The van der Waals surface area contributed by atoms with Gasteiger partial charge in [0.2, 0.25) is 0 Å². The Morgan fingerprint density at radius 2 is 1.77 bits per heavy atom. The van der Waals surface area contributed by atoms with Crippen molar-refractivity contribution in [2.45, 2.75) is 6.92 Å². The van der Waals surface area contributed by atoms with Crippen LogP contribution in [0.25, 0.3) is 22.0 Å². The van der Waals surface area contributed by atoms with E-state index in [9.17, 15) is 4.79 Å². The maximum atomic E-state index is 11.5. The van der Waals surface area contributed by atoms with E-state index in [2.05, 4.69) is 47.2 Å². The van der Waals surface area contributed by atoms with Crippen molar-refractivity contribution in [2.24, 2.45) is 0 Å². The molecule has 30 heavy (non-hydrogen) atoms. The maximum Gasteiger partial charge on any atom is 0.344 e. The zero-order valence-electron chi connectivity index (χ0n) is 17.5. The van der Waals surface area contributed by atoms with Gasteiger partial charge in [-0.2, -0.15) is 0 Å². The summed E-state index contributed by atoms with van der Waals surface area (Å²) >= 11 is 0. The van der Waals surface area contributed by atoms with E-state index in [1.165, 1.54) is 10.8 Å². The van der Waals surface area contributed by atoms with Crippen molar-refractivity contribution in [1.29, 1.82) is 0 Å². The minimum absolute atomic E-state index is 0.0883. The lowest BCUT2D eigenvalue weighted by Gasteiger charge is -2.34. The lowest BCUT2D eigenvalue weighted by molar-refractivity contribution is -0.145. The second kappa shape index (κ2) is 9.13. The van der Waals surface area contributed by atoms with E-state index in [4.69, 9.17) is 14.5 Å². The second-order valence-electron chi connectivity index (χ2n) is 7.46. The van der Waals surface area contributed by atoms with Gasteiger partial charge >= 0.3 is 5.97 Å². The smallest absolute Gasteiger partial charge is 0.344 e. The summed E-state index contributed by atoms with van der Waals surface area (Å²) in [5.74, 6) is 1.31. The number of hydrogen-bond donors (Lipinski definition) is 0. The first-order valence-electron chi connectivity index (χ1n) is 10.4. The molecular formula is C24H27N3O3. The average Bonchev–Trinajstić information content (AvgIpc) is 2.78. The molecule has 3 aromatic rings. The quantitative estimate of drug-likeness (QED) is 0.584. The van der Waals surface area contributed by atoms with Crippen LogP contribution in [0.1, 0.15) is 6.92 Å². The molecule has 1 fully saturated rings. The lowest BCUT2D eigenvalue weighted by Crippen LogP contribution is -2.44. The molecule has 2 aromatic carbocycles. The number of likely N-dealkylation sites (N-methyl/N-ethyl adjacent to an activating group) is 1. The Bertz CT molecular complexity index is 1010. The predicted octanol–water partition coefficient (Wildman–Crippen LogP) is 3.60. The van der Waals surface area contributed by atoms with Crippen LogP contribution >= 0.6 is 0 Å². The van der Waals surface area contributed by atoms with Crippen LogP contribution in [0.5, 0.6) is 5.75 Å². The normalized spacial score (nSPS) is 14.7. The molecule has 6 nitrogen and oxygen atoms in total. The topological polar surface area (TPSA) is 54.9 Å². The minimum Gasteiger partial charge on any atom is -0.482 e. The minimum atomic E-state index is -0.366. The van der Waals surface area contributed by atoms with Gasteiger partial charge in [-0.25, -0.2) is 9.78 Å². The molecule has 0 aliphatic carbocycles. The fraction of sp³-hybridized carbons (Fsp3) is 0.333. The zero-order valence-corrected chi connectivity index (χ0v) is 17.5. The number of aromatic nitrogens is 1. The SMILES string of the molecule is CCOC(=O)COc1ccc(-c2cc3ccccc3c(N3CCN(C)CC3)n2)cc1. The van der Waals surface area contributed by atoms with Gasteiger partial charge in [-0.15, -0.1) is 0 Å². The van der Waals surface area contributed by atoms with Crippen molar-refractivity contribution in [3.63, 3.8) is 0 Å². The van der Waals surface area contributed by atoms with Gasteiger partial charge in [-0.3, -0.25) is 0 Å². The molecule has 0 amide bonds. The summed E-state index contributed by atoms with van der Waals surface area (Å²) in [6.07, 6.45) is 0. The predicted molar refractivity (Wildman–Crippen MR) is 119 cm³/mol. The molecule has 1 aromatic heterocycles. The summed E-state index contributed by atoms with van der Waals surface area (Å²) in [7, 11) is 2.16. The average molecular weight is 405 g/mol. The first-order valence-corrected chi connectivity index (χ1v) is 10.4. The molecule has 1 saturated heterocycles. The number of piperazine rings is 1. The van der Waals surface area contributed by atoms with Gasteiger partial charge in [-0.05, 0) is 49.7 Å². The van der Waals surface area contributed by atoms with Crippen LogP contribution in [0.2, 0.25) is 0 Å². The highest BCUT2D eigenvalue weighted by Gasteiger charge is 2.18. The number of benzene rings is 2. The Labute approximate surface area is 177 Å². The Kier molecular flexibility index (Phi) is 6.14. The highest BCUT2D eigenvalue weighted by molar-refractivity contribution is 5.95. The van der Waals surface area contributed by atoms with E-state index in [-0.39, 0.29) is 12.6 Å². The maximum absolute atomic E-state index is 11.5. The molecule has 4 rings (SSSR count). The number of nitrogens with zero attached hydrogens (tertiary/aromatic N) is 3. The van der Waals surface area contributed by atoms with Crippen molar-refractivity contribution in [3.05, 3.63) is 54.6 Å². The van der Waals surface area contributed by atoms with Crippen LogP contribution in [-0.2, 0) is 9.53 Å². The van der Waals surface area contributed by atoms with Gasteiger partial charge in [0.05, 0.1) is 12.3 Å². The zero-order chi connectivity index (χ0) is 20.9. The van der Waals surface area contributed by atoms with Crippen molar-refractivity contribution >= 4 is 22.6 Å². The molecule has 2 heterocycles. The summed E-state index contributed by atoms with van der Waals surface area (Å²) in [6.45, 7) is 6.05. The Hall–Kier alpha value is -3.12. The molecule has 0 saturated carbocycles. The number of carbonyl (C=O) groups is 1. The van der Waals surface area contributed by atoms with Crippen LogP contribution in [0.3, 0.4) is 0 Å². The van der Waals surface area contributed by atoms with Crippen LogP contribution in [0.15, 0.2) is 54.6 Å². The Balaban J connectivity index is 1.60. The van der Waals surface area contributed by atoms with E-state index in [1.807, 2.05) is 24.3 Å². The number of anilines is 1. The monoisotopic (exact) mass is 405 g/mol. The molecule has 156 valence electrons. The van der Waals surface area contributed by atoms with Crippen LogP contribution in [0, 0.1) is 0 Å². The number of rotatable bonds is 6. The van der Waals surface area contributed by atoms with Gasteiger partial charge in [-0.1, -0.05) is 24.3 Å². The highest BCUT2D eigenvalue weighted by Crippen LogP contribution is 2.31. The third-order valence-corrected chi connectivity index (χ3v) is 5.34. The van der Waals surface area contributed by atoms with Crippen molar-refractivity contribution in [2.75, 3.05) is 51.3 Å². The highest BCUT2D eigenvalue weighted by atomic mass is 16.6. The molecule has 1 aliphatic heterocycles. The molecule has 0 bridgehead atoms. The van der Waals surface area contributed by atoms with E-state index >= 15 is 0 Å². The number of ether oxygens (including phenoxy) is 2. The Morgan fingerprint density at radius 3 is 2.50 bits per heavy atom. The summed E-state index contributed by atoms with van der Waals surface area (Å²) in [6, 6.07) is 18.2. The molecule has 0 atom stereocenters. The van der Waals surface area contributed by atoms with Gasteiger partial charge in [0, 0.05) is 37.1 Å². The number of fused-ring (bicyclic) bond motifs is 1. The van der Waals surface area contributed by atoms with E-state index in [1.54, 1.807) is 6.92 Å². The van der Waals surface area contributed by atoms with Gasteiger partial charge < -0.3 is 19.3 Å². The molecular weight excluding hydrogens is 378 g/mol. The third-order valence-electron chi connectivity index (χ3n) is 5.34. The number of carbonyl (C=O) groups excluding carboxylic acids is 1. The summed E-state index contributed by atoms with van der Waals surface area (Å²) in [4.78, 5) is 21.2. The molecule has 6 heteroatoms. The molecule has 0 spiro atoms. The molecule has 0 N–H and O–H groups in total. The number of hydrogen-bond acceptors (Lipinski definition) is 6.